The number of nitrogens with zero attached hydrogens (tertiary/aromatic N) is 3. The van der Waals surface area contributed by atoms with Gasteiger partial charge < -0.3 is 14.5 Å². The number of ether oxygens (including phenoxy) is 1. The Morgan fingerprint density at radius 1 is 1.30 bits per heavy atom. The molecule has 162 valence electrons. The van der Waals surface area contributed by atoms with E-state index in [2.05, 4.69) is 4.98 Å². The van der Waals surface area contributed by atoms with E-state index in [9.17, 15) is 9.18 Å². The molecular formula is C22H29FN4O2S. The van der Waals surface area contributed by atoms with Crippen molar-refractivity contribution < 1.29 is 13.9 Å². The summed E-state index contributed by atoms with van der Waals surface area (Å²) in [4.78, 5) is 20.2. The minimum atomic E-state index is -0.205. The van der Waals surface area contributed by atoms with E-state index >= 15 is 0 Å². The average Bonchev–Trinajstić information content (AvgIpc) is 3.15. The standard InChI is InChI=1S/C12H19FN2O.C10H10N2OS/c1-10(13)6-5-7-12(16-4)8-11(2)15(3)9-14;1-12(2)9-3-4-11-10-8(9)5-7(6-13)14-10/h6-9,14H,5H2,1-4H3;3-6H,1-2H3/b10-6+,11-8+,12-7?,14-9?;. The Bertz CT molecular complexity index is 944. The van der Waals surface area contributed by atoms with Crippen LogP contribution in [0.15, 0.2) is 53.8 Å². The number of fused-ring (bicyclic) bond motifs is 1. The van der Waals surface area contributed by atoms with Gasteiger partial charge in [-0.05, 0) is 50.6 Å². The number of hydrogen-bond acceptors (Lipinski definition) is 6. The number of carbonyl (C=O) groups excluding carboxylic acids is 1. The van der Waals surface area contributed by atoms with Gasteiger partial charge in [-0.25, -0.2) is 9.37 Å². The molecule has 2 aromatic rings. The summed E-state index contributed by atoms with van der Waals surface area (Å²) < 4.78 is 17.6. The summed E-state index contributed by atoms with van der Waals surface area (Å²) in [6.07, 6.45) is 9.39. The van der Waals surface area contributed by atoms with Gasteiger partial charge in [0, 0.05) is 44.1 Å². The van der Waals surface area contributed by atoms with Crippen molar-refractivity contribution in [2.45, 2.75) is 20.3 Å². The van der Waals surface area contributed by atoms with Crippen molar-refractivity contribution >= 4 is 39.9 Å². The Kier molecular flexibility index (Phi) is 10.5. The first kappa shape index (κ1) is 25.0. The Balaban J connectivity index is 0.000000301. The Labute approximate surface area is 181 Å². The van der Waals surface area contributed by atoms with E-state index in [0.29, 0.717) is 12.2 Å². The first-order chi connectivity index (χ1) is 14.2. The van der Waals surface area contributed by atoms with Gasteiger partial charge in [-0.2, -0.15) is 0 Å². The van der Waals surface area contributed by atoms with Gasteiger partial charge in [0.15, 0.2) is 6.29 Å². The van der Waals surface area contributed by atoms with E-state index in [0.717, 1.165) is 32.8 Å². The number of thiophene rings is 1. The summed E-state index contributed by atoms with van der Waals surface area (Å²) in [6.45, 7) is 3.28. The Hall–Kier alpha value is -3.00. The van der Waals surface area contributed by atoms with Crippen molar-refractivity contribution in [1.82, 2.24) is 9.88 Å². The summed E-state index contributed by atoms with van der Waals surface area (Å²) in [5.41, 5.74) is 1.98. The minimum absolute atomic E-state index is 0.205. The van der Waals surface area contributed by atoms with Crippen molar-refractivity contribution in [3.8, 4) is 0 Å². The molecule has 0 bridgehead atoms. The van der Waals surface area contributed by atoms with Gasteiger partial charge in [-0.3, -0.25) is 10.2 Å². The van der Waals surface area contributed by atoms with Gasteiger partial charge in [0.25, 0.3) is 0 Å². The lowest BCUT2D eigenvalue weighted by atomic mass is 10.2. The molecule has 0 saturated heterocycles. The first-order valence-electron chi connectivity index (χ1n) is 9.22. The van der Waals surface area contributed by atoms with E-state index in [1.54, 1.807) is 37.4 Å². The highest BCUT2D eigenvalue weighted by Gasteiger charge is 2.07. The molecule has 2 heterocycles. The second kappa shape index (κ2) is 12.5. The smallest absolute Gasteiger partial charge is 0.160 e. The van der Waals surface area contributed by atoms with Crippen LogP contribution in [-0.4, -0.2) is 50.8 Å². The molecule has 2 aromatic heterocycles. The molecule has 6 nitrogen and oxygen atoms in total. The topological polar surface area (TPSA) is 69.5 Å². The number of aromatic nitrogens is 1. The first-order valence-corrected chi connectivity index (χ1v) is 10.0. The lowest BCUT2D eigenvalue weighted by molar-refractivity contribution is 0.112. The minimum Gasteiger partial charge on any atom is -0.497 e. The number of halogens is 1. The van der Waals surface area contributed by atoms with Crippen molar-refractivity contribution in [3.63, 3.8) is 0 Å². The maximum Gasteiger partial charge on any atom is 0.160 e. The van der Waals surface area contributed by atoms with Crippen LogP contribution in [0.1, 0.15) is 29.9 Å². The number of anilines is 1. The molecule has 2 rings (SSSR count). The van der Waals surface area contributed by atoms with Gasteiger partial charge in [0.1, 0.15) is 10.6 Å². The van der Waals surface area contributed by atoms with Crippen molar-refractivity contribution in [1.29, 1.82) is 5.41 Å². The maximum absolute atomic E-state index is 12.4. The number of methoxy groups -OCH3 is 1. The van der Waals surface area contributed by atoms with Crippen LogP contribution in [-0.2, 0) is 4.74 Å². The van der Waals surface area contributed by atoms with Crippen LogP contribution < -0.4 is 4.90 Å². The van der Waals surface area contributed by atoms with Crippen LogP contribution in [0.5, 0.6) is 0 Å². The highest BCUT2D eigenvalue weighted by Crippen LogP contribution is 2.29. The highest BCUT2D eigenvalue weighted by molar-refractivity contribution is 7.20. The van der Waals surface area contributed by atoms with E-state index in [1.165, 1.54) is 30.7 Å². The molecule has 0 atom stereocenters. The molecule has 1 N–H and O–H groups in total. The Morgan fingerprint density at radius 2 is 2.00 bits per heavy atom. The number of nitrogens with one attached hydrogen (secondary N) is 1. The molecule has 0 aliphatic carbocycles. The molecule has 0 unspecified atom stereocenters. The van der Waals surface area contributed by atoms with Crippen LogP contribution in [0.3, 0.4) is 0 Å². The fraction of sp³-hybridized carbons (Fsp3) is 0.318. The average molecular weight is 433 g/mol. The van der Waals surface area contributed by atoms with E-state index in [-0.39, 0.29) is 5.83 Å². The third-order valence-electron chi connectivity index (χ3n) is 4.08. The van der Waals surface area contributed by atoms with Crippen molar-refractivity contribution in [2.75, 3.05) is 33.2 Å². The summed E-state index contributed by atoms with van der Waals surface area (Å²) >= 11 is 1.42. The quantitative estimate of drug-likeness (QED) is 0.199. The monoisotopic (exact) mass is 432 g/mol. The predicted octanol–water partition coefficient (Wildman–Crippen LogP) is 5.40. The zero-order valence-corrected chi connectivity index (χ0v) is 19.1. The van der Waals surface area contributed by atoms with Gasteiger partial charge in [0.05, 0.1) is 24.2 Å². The van der Waals surface area contributed by atoms with Crippen LogP contribution in [0, 0.1) is 5.41 Å². The zero-order valence-electron chi connectivity index (χ0n) is 18.3. The fourth-order valence-corrected chi connectivity index (χ4v) is 3.18. The zero-order chi connectivity index (χ0) is 22.7. The molecular weight excluding hydrogens is 403 g/mol. The summed E-state index contributed by atoms with van der Waals surface area (Å²) in [7, 11) is 7.30. The summed E-state index contributed by atoms with van der Waals surface area (Å²) in [6, 6.07) is 3.83. The molecule has 0 spiro atoms. The highest BCUT2D eigenvalue weighted by atomic mass is 32.1. The van der Waals surface area contributed by atoms with Gasteiger partial charge >= 0.3 is 0 Å². The number of rotatable bonds is 8. The predicted molar refractivity (Wildman–Crippen MR) is 124 cm³/mol. The molecule has 0 aromatic carbocycles. The van der Waals surface area contributed by atoms with Crippen molar-refractivity contribution in [3.05, 3.63) is 58.7 Å². The van der Waals surface area contributed by atoms with E-state index < -0.39 is 0 Å². The second-order valence-corrected chi connectivity index (χ2v) is 7.64. The largest absolute Gasteiger partial charge is 0.497 e. The number of aldehydes is 1. The number of hydrogen-bond donors (Lipinski definition) is 1. The number of allylic oxidation sites excluding steroid dienone is 5. The molecule has 0 aliphatic rings. The molecule has 0 radical (unpaired) electrons. The molecule has 30 heavy (non-hydrogen) atoms. The fourth-order valence-electron chi connectivity index (χ4n) is 2.34. The SMILES string of the molecule is CN(C)c1ccnc2sc(C=O)cc12.COC(=CC/C=C(\C)F)/C=C(\C)N(C)C=N. The third kappa shape index (κ3) is 7.79. The Morgan fingerprint density at radius 3 is 2.53 bits per heavy atom. The molecule has 0 saturated carbocycles. The second-order valence-electron chi connectivity index (χ2n) is 6.57. The van der Waals surface area contributed by atoms with Crippen molar-refractivity contribution in [2.24, 2.45) is 0 Å². The third-order valence-corrected chi connectivity index (χ3v) is 5.05. The molecule has 0 amide bonds. The number of pyridine rings is 1. The number of carbonyl (C=O) groups is 1. The van der Waals surface area contributed by atoms with Crippen LogP contribution in [0.2, 0.25) is 0 Å². The lowest BCUT2D eigenvalue weighted by Crippen LogP contribution is -2.12. The van der Waals surface area contributed by atoms with Crippen LogP contribution in [0.25, 0.3) is 10.2 Å². The van der Waals surface area contributed by atoms with Gasteiger partial charge in [-0.1, -0.05) is 0 Å². The van der Waals surface area contributed by atoms with E-state index in [1.807, 2.05) is 38.1 Å². The summed E-state index contributed by atoms with van der Waals surface area (Å²) in [5.74, 6) is 0.452. The molecule has 8 heteroatoms. The summed E-state index contributed by atoms with van der Waals surface area (Å²) in [5, 5.41) is 8.12. The van der Waals surface area contributed by atoms with Gasteiger partial charge in [0.2, 0.25) is 0 Å². The molecule has 0 aliphatic heterocycles. The molecule has 0 fully saturated rings. The normalized spacial score (nSPS) is 12.2. The maximum atomic E-state index is 12.4. The lowest BCUT2D eigenvalue weighted by Gasteiger charge is -2.13. The van der Waals surface area contributed by atoms with E-state index in [4.69, 9.17) is 10.1 Å². The van der Waals surface area contributed by atoms with Crippen LogP contribution >= 0.6 is 11.3 Å². The van der Waals surface area contributed by atoms with Gasteiger partial charge in [-0.15, -0.1) is 11.3 Å². The van der Waals surface area contributed by atoms with Crippen LogP contribution in [0.4, 0.5) is 10.1 Å².